The van der Waals surface area contributed by atoms with Gasteiger partial charge in [-0.1, -0.05) is 54.6 Å². The van der Waals surface area contributed by atoms with Gasteiger partial charge in [-0.2, -0.15) is 0 Å². The van der Waals surface area contributed by atoms with E-state index < -0.39 is 5.54 Å². The molecule has 1 aliphatic carbocycles. The third kappa shape index (κ3) is 2.10. The van der Waals surface area contributed by atoms with Crippen LogP contribution in [0.5, 0.6) is 0 Å². The number of carbonyl (C=O) groups is 1. The molecule has 0 radical (unpaired) electrons. The third-order valence-electron chi connectivity index (χ3n) is 4.10. The number of rotatable bonds is 4. The molecule has 102 valence electrons. The van der Waals surface area contributed by atoms with Crippen molar-refractivity contribution in [3.05, 3.63) is 71.3 Å². The van der Waals surface area contributed by atoms with Gasteiger partial charge in [0.25, 0.3) is 0 Å². The van der Waals surface area contributed by atoms with E-state index in [4.69, 9.17) is 5.73 Å². The Morgan fingerprint density at radius 2 is 1.80 bits per heavy atom. The summed E-state index contributed by atoms with van der Waals surface area (Å²) in [5, 5.41) is 3.39. The Morgan fingerprint density at radius 3 is 2.55 bits per heavy atom. The van der Waals surface area contributed by atoms with E-state index in [2.05, 4.69) is 11.4 Å². The van der Waals surface area contributed by atoms with Crippen molar-refractivity contribution < 1.29 is 4.79 Å². The van der Waals surface area contributed by atoms with Crippen molar-refractivity contribution in [1.82, 2.24) is 5.32 Å². The van der Waals surface area contributed by atoms with Gasteiger partial charge in [0.05, 0.1) is 0 Å². The van der Waals surface area contributed by atoms with Crippen molar-refractivity contribution >= 4 is 5.91 Å². The number of primary amides is 1. The number of aryl methyl sites for hydroxylation is 1. The van der Waals surface area contributed by atoms with E-state index in [0.717, 1.165) is 24.0 Å². The summed E-state index contributed by atoms with van der Waals surface area (Å²) in [5.41, 5.74) is 8.38. The Kier molecular flexibility index (Phi) is 3.28. The summed E-state index contributed by atoms with van der Waals surface area (Å²) in [4.78, 5) is 12.1. The molecular formula is C17H18N2O. The molecule has 3 nitrogen and oxygen atoms in total. The molecule has 0 bridgehead atoms. The Hall–Kier alpha value is -2.13. The van der Waals surface area contributed by atoms with E-state index in [1.165, 1.54) is 5.56 Å². The SMILES string of the molecule is NC(=O)C1(NCc2ccccc2)CCc2ccccc21. The van der Waals surface area contributed by atoms with Gasteiger partial charge in [-0.3, -0.25) is 10.1 Å². The van der Waals surface area contributed by atoms with Crippen LogP contribution in [0.4, 0.5) is 0 Å². The molecule has 0 aromatic heterocycles. The third-order valence-corrected chi connectivity index (χ3v) is 4.10. The maximum Gasteiger partial charge on any atom is 0.242 e. The first-order chi connectivity index (χ1) is 9.72. The monoisotopic (exact) mass is 266 g/mol. The number of carbonyl (C=O) groups excluding carboxylic acids is 1. The quantitative estimate of drug-likeness (QED) is 0.890. The van der Waals surface area contributed by atoms with Crippen molar-refractivity contribution in [2.24, 2.45) is 5.73 Å². The second-order valence-corrected chi connectivity index (χ2v) is 5.27. The second-order valence-electron chi connectivity index (χ2n) is 5.27. The van der Waals surface area contributed by atoms with Gasteiger partial charge in [0, 0.05) is 6.54 Å². The van der Waals surface area contributed by atoms with Gasteiger partial charge in [-0.15, -0.1) is 0 Å². The zero-order chi connectivity index (χ0) is 14.0. The topological polar surface area (TPSA) is 55.1 Å². The lowest BCUT2D eigenvalue weighted by atomic mass is 9.90. The molecule has 1 atom stereocenters. The van der Waals surface area contributed by atoms with Crippen LogP contribution in [0.25, 0.3) is 0 Å². The molecule has 1 aliphatic rings. The molecule has 3 rings (SSSR count). The maximum absolute atomic E-state index is 12.1. The van der Waals surface area contributed by atoms with Crippen LogP contribution in [0.2, 0.25) is 0 Å². The lowest BCUT2D eigenvalue weighted by Gasteiger charge is -2.28. The second kappa shape index (κ2) is 5.10. The highest BCUT2D eigenvalue weighted by molar-refractivity contribution is 5.87. The van der Waals surface area contributed by atoms with Gasteiger partial charge in [0.1, 0.15) is 5.54 Å². The van der Waals surface area contributed by atoms with E-state index in [9.17, 15) is 4.79 Å². The van der Waals surface area contributed by atoms with Gasteiger partial charge < -0.3 is 5.73 Å². The van der Waals surface area contributed by atoms with Gasteiger partial charge in [0.15, 0.2) is 0 Å². The Bertz CT molecular complexity index is 624. The minimum atomic E-state index is -0.730. The first-order valence-corrected chi connectivity index (χ1v) is 6.90. The number of nitrogens with one attached hydrogen (secondary N) is 1. The molecule has 3 heteroatoms. The van der Waals surface area contributed by atoms with E-state index in [1.807, 2.05) is 48.5 Å². The summed E-state index contributed by atoms with van der Waals surface area (Å²) in [6.07, 6.45) is 1.62. The number of fused-ring (bicyclic) bond motifs is 1. The average molecular weight is 266 g/mol. The molecule has 20 heavy (non-hydrogen) atoms. The largest absolute Gasteiger partial charge is 0.368 e. The molecule has 2 aromatic rings. The fraction of sp³-hybridized carbons (Fsp3) is 0.235. The van der Waals surface area contributed by atoms with Crippen LogP contribution in [0, 0.1) is 0 Å². The Balaban J connectivity index is 1.89. The first-order valence-electron chi connectivity index (χ1n) is 6.90. The number of nitrogens with two attached hydrogens (primary N) is 1. The molecule has 0 fully saturated rings. The Morgan fingerprint density at radius 1 is 1.10 bits per heavy atom. The van der Waals surface area contributed by atoms with Gasteiger partial charge in [0.2, 0.25) is 5.91 Å². The van der Waals surface area contributed by atoms with Crippen LogP contribution >= 0.6 is 0 Å². The van der Waals surface area contributed by atoms with Crippen molar-refractivity contribution in [2.75, 3.05) is 0 Å². The van der Waals surface area contributed by atoms with Crippen molar-refractivity contribution in [2.45, 2.75) is 24.9 Å². The van der Waals surface area contributed by atoms with Crippen LogP contribution < -0.4 is 11.1 Å². The highest BCUT2D eigenvalue weighted by Gasteiger charge is 2.43. The maximum atomic E-state index is 12.1. The van der Waals surface area contributed by atoms with Gasteiger partial charge in [-0.05, 0) is 29.5 Å². The van der Waals surface area contributed by atoms with Gasteiger partial charge >= 0.3 is 0 Å². The fourth-order valence-corrected chi connectivity index (χ4v) is 2.99. The molecule has 0 aliphatic heterocycles. The summed E-state index contributed by atoms with van der Waals surface area (Å²) in [6, 6.07) is 18.1. The fourth-order valence-electron chi connectivity index (χ4n) is 2.99. The molecule has 1 unspecified atom stereocenters. The summed E-state index contributed by atoms with van der Waals surface area (Å²) < 4.78 is 0. The molecule has 3 N–H and O–H groups in total. The number of benzene rings is 2. The molecule has 0 spiro atoms. The molecule has 0 saturated heterocycles. The summed E-state index contributed by atoms with van der Waals surface area (Å²) in [7, 11) is 0. The lowest BCUT2D eigenvalue weighted by molar-refractivity contribution is -0.124. The van der Waals surface area contributed by atoms with Crippen LogP contribution in [-0.4, -0.2) is 5.91 Å². The van der Waals surface area contributed by atoms with Crippen LogP contribution in [0.15, 0.2) is 54.6 Å². The summed E-state index contributed by atoms with van der Waals surface area (Å²) >= 11 is 0. The minimum absolute atomic E-state index is 0.293. The lowest BCUT2D eigenvalue weighted by Crippen LogP contribution is -2.50. The van der Waals surface area contributed by atoms with Crippen molar-refractivity contribution in [1.29, 1.82) is 0 Å². The highest BCUT2D eigenvalue weighted by Crippen LogP contribution is 2.36. The first kappa shape index (κ1) is 12.9. The van der Waals surface area contributed by atoms with Crippen molar-refractivity contribution in [3.63, 3.8) is 0 Å². The van der Waals surface area contributed by atoms with E-state index >= 15 is 0 Å². The smallest absolute Gasteiger partial charge is 0.242 e. The van der Waals surface area contributed by atoms with Crippen LogP contribution in [0.1, 0.15) is 23.1 Å². The normalized spacial score (nSPS) is 20.6. The zero-order valence-electron chi connectivity index (χ0n) is 11.3. The predicted molar refractivity (Wildman–Crippen MR) is 78.9 cm³/mol. The van der Waals surface area contributed by atoms with E-state index in [0.29, 0.717) is 6.54 Å². The van der Waals surface area contributed by atoms with Crippen LogP contribution in [-0.2, 0) is 23.3 Å². The average Bonchev–Trinajstić information content (AvgIpc) is 2.87. The molecule has 2 aromatic carbocycles. The standard InChI is InChI=1S/C17H18N2O/c18-16(20)17(19-12-13-6-2-1-3-7-13)11-10-14-8-4-5-9-15(14)17/h1-9,19H,10-12H2,(H2,18,20). The van der Waals surface area contributed by atoms with Crippen molar-refractivity contribution in [3.8, 4) is 0 Å². The van der Waals surface area contributed by atoms with Gasteiger partial charge in [-0.25, -0.2) is 0 Å². The number of amides is 1. The number of hydrogen-bond acceptors (Lipinski definition) is 2. The Labute approximate surface area is 118 Å². The molecule has 0 heterocycles. The van der Waals surface area contributed by atoms with Crippen LogP contribution in [0.3, 0.4) is 0 Å². The van der Waals surface area contributed by atoms with E-state index in [1.54, 1.807) is 0 Å². The predicted octanol–water partition coefficient (Wildman–Crippen LogP) is 2.10. The summed E-state index contributed by atoms with van der Waals surface area (Å²) in [6.45, 7) is 0.637. The zero-order valence-corrected chi connectivity index (χ0v) is 11.3. The molecule has 1 amide bonds. The minimum Gasteiger partial charge on any atom is -0.368 e. The number of hydrogen-bond donors (Lipinski definition) is 2. The summed E-state index contributed by atoms with van der Waals surface area (Å²) in [5.74, 6) is -0.293. The highest BCUT2D eigenvalue weighted by atomic mass is 16.1. The van der Waals surface area contributed by atoms with E-state index in [-0.39, 0.29) is 5.91 Å². The molecular weight excluding hydrogens is 248 g/mol. The molecule has 0 saturated carbocycles.